The normalized spacial score (nSPS) is 11.6. The Labute approximate surface area is 96.7 Å². The van der Waals surface area contributed by atoms with Crippen LogP contribution in [0.2, 0.25) is 0 Å². The molecular weight excluding hydrogens is 198 g/mol. The molecule has 0 aliphatic heterocycles. The molecule has 0 fully saturated rings. The summed E-state index contributed by atoms with van der Waals surface area (Å²) in [4.78, 5) is 13.8. The molecule has 1 rings (SSSR count). The van der Waals surface area contributed by atoms with Gasteiger partial charge in [-0.25, -0.2) is 9.79 Å². The van der Waals surface area contributed by atoms with E-state index >= 15 is 0 Å². The molecule has 2 nitrogen and oxygen atoms in total. The van der Waals surface area contributed by atoms with Crippen molar-refractivity contribution in [2.75, 3.05) is 6.54 Å². The lowest BCUT2D eigenvalue weighted by Crippen LogP contribution is -2.01. The highest BCUT2D eigenvalue weighted by Crippen LogP contribution is 2.22. The maximum Gasteiger partial charge on any atom is 0.234 e. The predicted octanol–water partition coefficient (Wildman–Crippen LogP) is 3.55. The third-order valence-electron chi connectivity index (χ3n) is 2.74. The van der Waals surface area contributed by atoms with Crippen molar-refractivity contribution in [2.45, 2.75) is 26.2 Å². The van der Waals surface area contributed by atoms with E-state index in [9.17, 15) is 4.79 Å². The minimum Gasteiger partial charge on any atom is -0.211 e. The third-order valence-corrected chi connectivity index (χ3v) is 2.74. The first kappa shape index (κ1) is 12.4. The van der Waals surface area contributed by atoms with Crippen LogP contribution in [0.15, 0.2) is 35.8 Å². The quantitative estimate of drug-likeness (QED) is 0.545. The molecule has 0 aromatic heterocycles. The zero-order valence-electron chi connectivity index (χ0n) is 9.86. The zero-order chi connectivity index (χ0) is 12.0. The summed E-state index contributed by atoms with van der Waals surface area (Å²) < 4.78 is 0. The lowest BCUT2D eigenvalue weighted by Gasteiger charge is -2.12. The SMILES string of the molecule is C=C(C)c1ccc(C(CC)CN=C=O)cc1. The smallest absolute Gasteiger partial charge is 0.211 e. The molecular formula is C14H17NO. The second-order valence-electron chi connectivity index (χ2n) is 3.94. The number of carbonyl (C=O) groups excluding carboxylic acids is 1. The van der Waals surface area contributed by atoms with Crippen molar-refractivity contribution in [1.82, 2.24) is 0 Å². The molecule has 0 spiro atoms. The lowest BCUT2D eigenvalue weighted by molar-refractivity contribution is 0.559. The van der Waals surface area contributed by atoms with Crippen LogP contribution in [0, 0.1) is 0 Å². The van der Waals surface area contributed by atoms with E-state index < -0.39 is 0 Å². The Bertz CT molecular complexity index is 399. The summed E-state index contributed by atoms with van der Waals surface area (Å²) in [5.74, 6) is 0.306. The van der Waals surface area contributed by atoms with Crippen molar-refractivity contribution in [3.05, 3.63) is 42.0 Å². The standard InChI is InChI=1S/C14H17NO/c1-4-12(9-15-10-16)14-7-5-13(6-8-14)11(2)3/h5-8,12H,2,4,9H2,1,3H3. The first-order chi connectivity index (χ1) is 7.69. The van der Waals surface area contributed by atoms with E-state index in [1.54, 1.807) is 6.08 Å². The molecule has 0 radical (unpaired) electrons. The number of nitrogens with zero attached hydrogens (tertiary/aromatic N) is 1. The Morgan fingerprint density at radius 2 is 2.06 bits per heavy atom. The third kappa shape index (κ3) is 3.18. The van der Waals surface area contributed by atoms with E-state index in [0.29, 0.717) is 12.5 Å². The van der Waals surface area contributed by atoms with Crippen LogP contribution < -0.4 is 0 Å². The molecule has 84 valence electrons. The minimum absolute atomic E-state index is 0.306. The largest absolute Gasteiger partial charge is 0.234 e. The number of hydrogen-bond acceptors (Lipinski definition) is 2. The van der Waals surface area contributed by atoms with Gasteiger partial charge in [-0.2, -0.15) is 0 Å². The first-order valence-electron chi connectivity index (χ1n) is 5.48. The highest BCUT2D eigenvalue weighted by atomic mass is 16.1. The Morgan fingerprint density at radius 1 is 1.44 bits per heavy atom. The van der Waals surface area contributed by atoms with Crippen molar-refractivity contribution >= 4 is 11.7 Å². The van der Waals surface area contributed by atoms with Gasteiger partial charge in [0.2, 0.25) is 6.08 Å². The van der Waals surface area contributed by atoms with Crippen LogP contribution in [0.4, 0.5) is 0 Å². The van der Waals surface area contributed by atoms with Gasteiger partial charge < -0.3 is 0 Å². The molecule has 0 amide bonds. The van der Waals surface area contributed by atoms with Gasteiger partial charge in [0, 0.05) is 5.92 Å². The minimum atomic E-state index is 0.306. The van der Waals surface area contributed by atoms with Crippen molar-refractivity contribution in [3.8, 4) is 0 Å². The van der Waals surface area contributed by atoms with Gasteiger partial charge >= 0.3 is 0 Å². The predicted molar refractivity (Wildman–Crippen MR) is 67.2 cm³/mol. The summed E-state index contributed by atoms with van der Waals surface area (Å²) in [7, 11) is 0. The monoisotopic (exact) mass is 215 g/mol. The topological polar surface area (TPSA) is 29.4 Å². The average Bonchev–Trinajstić information content (AvgIpc) is 2.30. The van der Waals surface area contributed by atoms with E-state index in [4.69, 9.17) is 0 Å². The maximum atomic E-state index is 10.1. The molecule has 1 atom stereocenters. The number of rotatable bonds is 5. The Morgan fingerprint density at radius 3 is 2.50 bits per heavy atom. The molecule has 0 aliphatic rings. The molecule has 16 heavy (non-hydrogen) atoms. The van der Waals surface area contributed by atoms with Gasteiger partial charge in [0.05, 0.1) is 6.54 Å². The average molecular weight is 215 g/mol. The van der Waals surface area contributed by atoms with Gasteiger partial charge in [-0.1, -0.05) is 43.3 Å². The molecule has 2 heteroatoms. The molecule has 1 aromatic carbocycles. The Kier molecular flexibility index (Phi) is 4.68. The van der Waals surface area contributed by atoms with Crippen LogP contribution in [0.1, 0.15) is 37.3 Å². The van der Waals surface area contributed by atoms with Gasteiger partial charge in [0.1, 0.15) is 0 Å². The van der Waals surface area contributed by atoms with Gasteiger partial charge in [0.15, 0.2) is 0 Å². The molecule has 1 aromatic rings. The van der Waals surface area contributed by atoms with Crippen LogP contribution in [0.3, 0.4) is 0 Å². The van der Waals surface area contributed by atoms with Crippen molar-refractivity contribution in [2.24, 2.45) is 4.99 Å². The first-order valence-corrected chi connectivity index (χ1v) is 5.48. The van der Waals surface area contributed by atoms with Crippen LogP contribution in [-0.4, -0.2) is 12.6 Å². The molecule has 0 aliphatic carbocycles. The Hall–Kier alpha value is -1.66. The van der Waals surface area contributed by atoms with Gasteiger partial charge in [-0.05, 0) is 24.5 Å². The summed E-state index contributed by atoms with van der Waals surface area (Å²) in [6.07, 6.45) is 2.56. The van der Waals surface area contributed by atoms with Crippen LogP contribution in [-0.2, 0) is 4.79 Å². The lowest BCUT2D eigenvalue weighted by atomic mass is 9.95. The number of hydrogen-bond donors (Lipinski definition) is 0. The molecule has 0 bridgehead atoms. The van der Waals surface area contributed by atoms with Gasteiger partial charge in [0.25, 0.3) is 0 Å². The van der Waals surface area contributed by atoms with E-state index in [0.717, 1.165) is 17.6 Å². The highest BCUT2D eigenvalue weighted by Gasteiger charge is 2.08. The Balaban J connectivity index is 2.85. The molecule has 0 heterocycles. The van der Waals surface area contributed by atoms with Gasteiger partial charge in [-0.3, -0.25) is 0 Å². The summed E-state index contributed by atoms with van der Waals surface area (Å²) >= 11 is 0. The molecule has 1 unspecified atom stereocenters. The summed E-state index contributed by atoms with van der Waals surface area (Å²) in [5.41, 5.74) is 3.43. The zero-order valence-corrected chi connectivity index (χ0v) is 9.86. The number of allylic oxidation sites excluding steroid dienone is 1. The van der Waals surface area contributed by atoms with Crippen molar-refractivity contribution in [1.29, 1.82) is 0 Å². The summed E-state index contributed by atoms with van der Waals surface area (Å²) in [6, 6.07) is 8.28. The fraction of sp³-hybridized carbons (Fsp3) is 0.357. The van der Waals surface area contributed by atoms with Crippen LogP contribution >= 0.6 is 0 Å². The summed E-state index contributed by atoms with van der Waals surface area (Å²) in [6.45, 7) is 8.50. The van der Waals surface area contributed by atoms with Crippen molar-refractivity contribution in [3.63, 3.8) is 0 Å². The molecule has 0 saturated heterocycles. The summed E-state index contributed by atoms with van der Waals surface area (Å²) in [5, 5.41) is 0. The van der Waals surface area contributed by atoms with Gasteiger partial charge in [-0.15, -0.1) is 0 Å². The highest BCUT2D eigenvalue weighted by molar-refractivity contribution is 5.61. The van der Waals surface area contributed by atoms with E-state index in [1.807, 2.05) is 6.92 Å². The molecule has 0 saturated carbocycles. The fourth-order valence-electron chi connectivity index (χ4n) is 1.66. The second kappa shape index (κ2) is 6.04. The molecule has 0 N–H and O–H groups in total. The van der Waals surface area contributed by atoms with E-state index in [2.05, 4.69) is 42.8 Å². The van der Waals surface area contributed by atoms with Crippen molar-refractivity contribution < 1.29 is 4.79 Å². The van der Waals surface area contributed by atoms with E-state index in [-0.39, 0.29) is 0 Å². The van der Waals surface area contributed by atoms with Crippen LogP contribution in [0.25, 0.3) is 5.57 Å². The number of benzene rings is 1. The number of isocyanates is 1. The van der Waals surface area contributed by atoms with E-state index in [1.165, 1.54) is 5.56 Å². The second-order valence-corrected chi connectivity index (χ2v) is 3.94. The van der Waals surface area contributed by atoms with Crippen LogP contribution in [0.5, 0.6) is 0 Å². The fourth-order valence-corrected chi connectivity index (χ4v) is 1.66. The number of aliphatic imine (C=N–C) groups is 1. The maximum absolute atomic E-state index is 10.1.